The molecule has 110 valence electrons. The molecule has 1 heterocycles. The highest BCUT2D eigenvalue weighted by atomic mass is 32.1. The molecule has 1 aromatic carbocycles. The third-order valence-corrected chi connectivity index (χ3v) is 3.46. The number of carboxylic acids is 1. The molecule has 0 saturated heterocycles. The normalized spacial score (nSPS) is 11.8. The van der Waals surface area contributed by atoms with Gasteiger partial charge in [-0.3, -0.25) is 9.59 Å². The second kappa shape index (κ2) is 7.49. The van der Waals surface area contributed by atoms with Gasteiger partial charge in [-0.05, 0) is 29.9 Å². The lowest BCUT2D eigenvalue weighted by Crippen LogP contribution is -2.37. The number of hydrogen-bond acceptors (Lipinski definition) is 5. The molecule has 1 amide bonds. The van der Waals surface area contributed by atoms with Gasteiger partial charge in [0.05, 0.1) is 0 Å². The van der Waals surface area contributed by atoms with Crippen molar-refractivity contribution in [3.05, 3.63) is 47.0 Å². The van der Waals surface area contributed by atoms with E-state index in [0.29, 0.717) is 12.8 Å². The lowest BCUT2D eigenvalue weighted by Gasteiger charge is -2.17. The Labute approximate surface area is 126 Å². The predicted molar refractivity (Wildman–Crippen MR) is 78.2 cm³/mol. The number of amides is 1. The van der Waals surface area contributed by atoms with Gasteiger partial charge in [0.25, 0.3) is 5.91 Å². The summed E-state index contributed by atoms with van der Waals surface area (Å²) >= 11 is 1.10. The smallest absolute Gasteiger partial charge is 0.303 e. The minimum absolute atomic E-state index is 0.00704. The topological polar surface area (TPSA) is 92.2 Å². The molecule has 0 aliphatic rings. The van der Waals surface area contributed by atoms with E-state index in [-0.39, 0.29) is 24.1 Å². The number of rotatable bonds is 7. The molecule has 0 fully saturated rings. The highest BCUT2D eigenvalue weighted by Gasteiger charge is 2.17. The molecule has 7 heteroatoms. The van der Waals surface area contributed by atoms with Crippen molar-refractivity contribution in [1.29, 1.82) is 0 Å². The van der Waals surface area contributed by atoms with Crippen molar-refractivity contribution in [2.45, 2.75) is 25.3 Å². The van der Waals surface area contributed by atoms with Gasteiger partial charge in [-0.25, -0.2) is 0 Å². The van der Waals surface area contributed by atoms with Gasteiger partial charge in [0.1, 0.15) is 0 Å². The molecule has 2 N–H and O–H groups in total. The van der Waals surface area contributed by atoms with Crippen LogP contribution in [-0.4, -0.2) is 32.6 Å². The van der Waals surface area contributed by atoms with E-state index < -0.39 is 5.97 Å². The molecular weight excluding hydrogens is 290 g/mol. The van der Waals surface area contributed by atoms with Gasteiger partial charge in [-0.2, -0.15) is 0 Å². The van der Waals surface area contributed by atoms with Crippen molar-refractivity contribution < 1.29 is 14.7 Å². The summed E-state index contributed by atoms with van der Waals surface area (Å²) in [7, 11) is 0. The lowest BCUT2D eigenvalue weighted by molar-refractivity contribution is -0.137. The standard InChI is InChI=1S/C14H15N3O3S/c18-13(19)7-6-11(8-10-4-2-1-3-5-10)15-14(20)12-9-21-17-16-12/h1-5,9,11H,6-8H2,(H,15,20)(H,18,19). The fourth-order valence-corrected chi connectivity index (χ4v) is 2.38. The number of hydrogen-bond donors (Lipinski definition) is 2. The molecule has 0 aliphatic carbocycles. The Morgan fingerprint density at radius 2 is 2.05 bits per heavy atom. The third-order valence-electron chi connectivity index (χ3n) is 2.96. The maximum atomic E-state index is 12.0. The summed E-state index contributed by atoms with van der Waals surface area (Å²) in [6.07, 6.45) is 0.956. The molecule has 0 spiro atoms. The molecular formula is C14H15N3O3S. The fourth-order valence-electron chi connectivity index (χ4n) is 1.94. The number of benzene rings is 1. The number of carbonyl (C=O) groups excluding carboxylic acids is 1. The van der Waals surface area contributed by atoms with E-state index in [1.807, 2.05) is 30.3 Å². The monoisotopic (exact) mass is 305 g/mol. The highest BCUT2D eigenvalue weighted by molar-refractivity contribution is 7.03. The molecule has 6 nitrogen and oxygen atoms in total. The van der Waals surface area contributed by atoms with Crippen molar-refractivity contribution >= 4 is 23.4 Å². The number of carboxylic acid groups (broad SMARTS) is 1. The molecule has 0 radical (unpaired) electrons. The van der Waals surface area contributed by atoms with Gasteiger partial charge in [0.15, 0.2) is 5.69 Å². The average Bonchev–Trinajstić information content (AvgIpc) is 3.00. The molecule has 0 aliphatic heterocycles. The number of nitrogens with zero attached hydrogens (tertiary/aromatic N) is 2. The van der Waals surface area contributed by atoms with Gasteiger partial charge in [0, 0.05) is 17.8 Å². The summed E-state index contributed by atoms with van der Waals surface area (Å²) < 4.78 is 3.65. The van der Waals surface area contributed by atoms with Crippen molar-refractivity contribution in [3.8, 4) is 0 Å². The first-order chi connectivity index (χ1) is 10.1. The van der Waals surface area contributed by atoms with Crippen molar-refractivity contribution in [2.24, 2.45) is 0 Å². The van der Waals surface area contributed by atoms with E-state index in [2.05, 4.69) is 14.9 Å². The van der Waals surface area contributed by atoms with Crippen LogP contribution in [0.25, 0.3) is 0 Å². The largest absolute Gasteiger partial charge is 0.481 e. The van der Waals surface area contributed by atoms with Crippen LogP contribution in [-0.2, 0) is 11.2 Å². The van der Waals surface area contributed by atoms with Gasteiger partial charge in [-0.15, -0.1) is 5.10 Å². The van der Waals surface area contributed by atoms with Gasteiger partial charge in [0.2, 0.25) is 0 Å². The summed E-state index contributed by atoms with van der Waals surface area (Å²) in [5.74, 6) is -1.20. The van der Waals surface area contributed by atoms with E-state index >= 15 is 0 Å². The summed E-state index contributed by atoms with van der Waals surface area (Å²) in [4.78, 5) is 22.7. The van der Waals surface area contributed by atoms with E-state index in [4.69, 9.17) is 5.11 Å². The average molecular weight is 305 g/mol. The van der Waals surface area contributed by atoms with Crippen LogP contribution in [0.3, 0.4) is 0 Å². The van der Waals surface area contributed by atoms with Crippen LogP contribution in [0.2, 0.25) is 0 Å². The van der Waals surface area contributed by atoms with Crippen LogP contribution >= 0.6 is 11.5 Å². The van der Waals surface area contributed by atoms with Crippen molar-refractivity contribution in [1.82, 2.24) is 14.9 Å². The van der Waals surface area contributed by atoms with E-state index in [1.54, 1.807) is 5.38 Å². The molecule has 2 rings (SSSR count). The van der Waals surface area contributed by atoms with E-state index in [1.165, 1.54) is 0 Å². The predicted octanol–water partition coefficient (Wildman–Crippen LogP) is 1.74. The lowest BCUT2D eigenvalue weighted by atomic mass is 10.0. The molecule has 2 aromatic rings. The van der Waals surface area contributed by atoms with E-state index in [9.17, 15) is 9.59 Å². The van der Waals surface area contributed by atoms with Gasteiger partial charge in [-0.1, -0.05) is 34.8 Å². The fraction of sp³-hybridized carbons (Fsp3) is 0.286. The van der Waals surface area contributed by atoms with Crippen molar-refractivity contribution in [3.63, 3.8) is 0 Å². The Morgan fingerprint density at radius 3 is 2.67 bits per heavy atom. The minimum atomic E-state index is -0.877. The molecule has 0 saturated carbocycles. The first kappa shape index (κ1) is 15.1. The number of aliphatic carboxylic acids is 1. The Bertz CT molecular complexity index is 587. The summed E-state index contributed by atoms with van der Waals surface area (Å²) in [5.41, 5.74) is 1.30. The van der Waals surface area contributed by atoms with Crippen LogP contribution in [0, 0.1) is 0 Å². The zero-order valence-electron chi connectivity index (χ0n) is 11.2. The molecule has 1 aromatic heterocycles. The summed E-state index contributed by atoms with van der Waals surface area (Å²) in [6, 6.07) is 9.38. The van der Waals surface area contributed by atoms with Crippen LogP contribution in [0.5, 0.6) is 0 Å². The highest BCUT2D eigenvalue weighted by Crippen LogP contribution is 2.09. The SMILES string of the molecule is O=C(O)CCC(Cc1ccccc1)NC(=O)c1csnn1. The first-order valence-electron chi connectivity index (χ1n) is 6.49. The summed E-state index contributed by atoms with van der Waals surface area (Å²) in [6.45, 7) is 0. The Balaban J connectivity index is 2.01. The minimum Gasteiger partial charge on any atom is -0.481 e. The number of carbonyl (C=O) groups is 2. The molecule has 21 heavy (non-hydrogen) atoms. The Kier molecular flexibility index (Phi) is 5.39. The number of aromatic nitrogens is 2. The second-order valence-corrected chi connectivity index (χ2v) is 5.19. The van der Waals surface area contributed by atoms with Gasteiger partial charge >= 0.3 is 5.97 Å². The second-order valence-electron chi connectivity index (χ2n) is 4.58. The first-order valence-corrected chi connectivity index (χ1v) is 7.32. The van der Waals surface area contributed by atoms with Crippen LogP contribution in [0.4, 0.5) is 0 Å². The summed E-state index contributed by atoms with van der Waals surface area (Å²) in [5, 5.41) is 16.9. The van der Waals surface area contributed by atoms with Crippen molar-refractivity contribution in [2.75, 3.05) is 0 Å². The third kappa shape index (κ3) is 4.96. The number of nitrogens with one attached hydrogen (secondary N) is 1. The Morgan fingerprint density at radius 1 is 1.29 bits per heavy atom. The van der Waals surface area contributed by atoms with Crippen LogP contribution < -0.4 is 5.32 Å². The maximum Gasteiger partial charge on any atom is 0.303 e. The van der Waals surface area contributed by atoms with E-state index in [0.717, 1.165) is 17.1 Å². The zero-order valence-corrected chi connectivity index (χ0v) is 12.0. The Hall–Kier alpha value is -2.28. The maximum absolute atomic E-state index is 12.0. The van der Waals surface area contributed by atoms with Crippen LogP contribution in [0.15, 0.2) is 35.7 Å². The zero-order chi connectivity index (χ0) is 15.1. The van der Waals surface area contributed by atoms with Crippen LogP contribution in [0.1, 0.15) is 28.9 Å². The molecule has 1 unspecified atom stereocenters. The van der Waals surface area contributed by atoms with Gasteiger partial charge < -0.3 is 10.4 Å². The quantitative estimate of drug-likeness (QED) is 0.813. The molecule has 0 bridgehead atoms. The molecule has 1 atom stereocenters.